The first-order valence-electron chi connectivity index (χ1n) is 7.13. The number of hydrogen-bond donors (Lipinski definition) is 1. The van der Waals surface area contributed by atoms with Crippen molar-refractivity contribution in [2.24, 2.45) is 0 Å². The number of nitriles is 1. The molecule has 0 aliphatic heterocycles. The molecule has 0 fully saturated rings. The summed E-state index contributed by atoms with van der Waals surface area (Å²) < 4.78 is 24.8. The van der Waals surface area contributed by atoms with Crippen LogP contribution in [0.5, 0.6) is 0 Å². The highest BCUT2D eigenvalue weighted by Gasteiger charge is 2.18. The minimum Gasteiger partial charge on any atom is -0.325 e. The van der Waals surface area contributed by atoms with Gasteiger partial charge in [0, 0.05) is 26.1 Å². The maximum Gasteiger partial charge on any atom is 0.225 e. The highest BCUT2D eigenvalue weighted by Crippen LogP contribution is 2.13. The van der Waals surface area contributed by atoms with Gasteiger partial charge in [-0.2, -0.15) is 5.26 Å². The second-order valence-electron chi connectivity index (χ2n) is 5.42. The zero-order chi connectivity index (χ0) is 17.5. The monoisotopic (exact) mass is 338 g/mol. The van der Waals surface area contributed by atoms with Crippen LogP contribution in [0.2, 0.25) is 0 Å². The molecule has 0 unspecified atom stereocenters. The largest absolute Gasteiger partial charge is 0.325 e. The van der Waals surface area contributed by atoms with Crippen LogP contribution in [0.1, 0.15) is 12.0 Å². The van der Waals surface area contributed by atoms with Gasteiger partial charge in [-0.15, -0.1) is 0 Å². The highest BCUT2D eigenvalue weighted by atomic mass is 32.2. The fourth-order valence-electron chi connectivity index (χ4n) is 1.88. The van der Waals surface area contributed by atoms with Crippen LogP contribution in [0.25, 0.3) is 0 Å². The molecule has 1 N–H and O–H groups in total. The second-order valence-corrected chi connectivity index (χ2v) is 7.40. The van der Waals surface area contributed by atoms with Crippen molar-refractivity contribution in [3.63, 3.8) is 0 Å². The van der Waals surface area contributed by atoms with Crippen molar-refractivity contribution in [3.05, 3.63) is 29.8 Å². The standard InChI is InChI=1S/C15H22N4O3S/c1-18(2)10-11-19(23(3,21)22)9-8-15(20)17-14-7-5-4-6-13(14)12-16/h4-7H,8-11H2,1-3H3,(H,17,20). The molecule has 0 aliphatic carbocycles. The normalized spacial score (nSPS) is 11.5. The van der Waals surface area contributed by atoms with E-state index >= 15 is 0 Å². The van der Waals surface area contributed by atoms with Gasteiger partial charge in [0.05, 0.1) is 17.5 Å². The molecule has 0 atom stereocenters. The van der Waals surface area contributed by atoms with Crippen molar-refractivity contribution in [2.75, 3.05) is 45.3 Å². The molecule has 126 valence electrons. The van der Waals surface area contributed by atoms with Crippen molar-refractivity contribution in [1.29, 1.82) is 5.26 Å². The number of hydrogen-bond acceptors (Lipinski definition) is 5. The van der Waals surface area contributed by atoms with Crippen LogP contribution in [-0.4, -0.2) is 63.5 Å². The molecular formula is C15H22N4O3S. The highest BCUT2D eigenvalue weighted by molar-refractivity contribution is 7.88. The summed E-state index contributed by atoms with van der Waals surface area (Å²) in [6.45, 7) is 1.01. The number of benzene rings is 1. The predicted octanol–water partition coefficient (Wildman–Crippen LogP) is 0.710. The molecule has 1 rings (SSSR count). The van der Waals surface area contributed by atoms with Crippen LogP contribution in [0.15, 0.2) is 24.3 Å². The van der Waals surface area contributed by atoms with E-state index < -0.39 is 10.0 Å². The number of carbonyl (C=O) groups is 1. The Morgan fingerprint density at radius 2 is 1.87 bits per heavy atom. The Bertz CT molecular complexity index is 680. The van der Waals surface area contributed by atoms with E-state index in [0.717, 1.165) is 6.26 Å². The Morgan fingerprint density at radius 1 is 1.22 bits per heavy atom. The molecule has 0 saturated heterocycles. The number of sulfonamides is 1. The maximum absolute atomic E-state index is 12.0. The second kappa shape index (κ2) is 8.62. The minimum absolute atomic E-state index is 0.0280. The summed E-state index contributed by atoms with van der Waals surface area (Å²) in [6, 6.07) is 8.67. The lowest BCUT2D eigenvalue weighted by molar-refractivity contribution is -0.116. The van der Waals surface area contributed by atoms with Gasteiger partial charge in [-0.1, -0.05) is 12.1 Å². The molecule has 1 aromatic carbocycles. The summed E-state index contributed by atoms with van der Waals surface area (Å²) >= 11 is 0. The van der Waals surface area contributed by atoms with E-state index in [1.807, 2.05) is 25.1 Å². The zero-order valence-corrected chi connectivity index (χ0v) is 14.4. The maximum atomic E-state index is 12.0. The van der Waals surface area contributed by atoms with Crippen LogP contribution in [0.4, 0.5) is 5.69 Å². The van der Waals surface area contributed by atoms with Gasteiger partial charge in [0.2, 0.25) is 15.9 Å². The van der Waals surface area contributed by atoms with Gasteiger partial charge in [0.1, 0.15) is 6.07 Å². The lowest BCUT2D eigenvalue weighted by atomic mass is 10.2. The molecule has 1 amide bonds. The Hall–Kier alpha value is -1.95. The first-order chi connectivity index (χ1) is 10.7. The molecule has 0 bridgehead atoms. The Kier molecular flexibility index (Phi) is 7.16. The van der Waals surface area contributed by atoms with E-state index in [1.54, 1.807) is 24.3 Å². The van der Waals surface area contributed by atoms with E-state index in [4.69, 9.17) is 5.26 Å². The van der Waals surface area contributed by atoms with Gasteiger partial charge < -0.3 is 10.2 Å². The number of likely N-dealkylation sites (N-methyl/N-ethyl adjacent to an activating group) is 1. The number of para-hydroxylation sites is 1. The molecule has 8 heteroatoms. The average Bonchev–Trinajstić information content (AvgIpc) is 2.46. The number of nitrogens with one attached hydrogen (secondary N) is 1. The van der Waals surface area contributed by atoms with Gasteiger partial charge in [-0.3, -0.25) is 4.79 Å². The van der Waals surface area contributed by atoms with E-state index in [-0.39, 0.29) is 18.9 Å². The molecule has 0 aromatic heterocycles. The van der Waals surface area contributed by atoms with Crippen molar-refractivity contribution < 1.29 is 13.2 Å². The Labute approximate surface area is 137 Å². The zero-order valence-electron chi connectivity index (χ0n) is 13.6. The number of rotatable bonds is 8. The molecule has 0 spiro atoms. The van der Waals surface area contributed by atoms with E-state index in [1.165, 1.54) is 4.31 Å². The van der Waals surface area contributed by atoms with Crippen molar-refractivity contribution in [1.82, 2.24) is 9.21 Å². The minimum atomic E-state index is -3.37. The SMILES string of the molecule is CN(C)CCN(CCC(=O)Nc1ccccc1C#N)S(C)(=O)=O. The fraction of sp³-hybridized carbons (Fsp3) is 0.467. The summed E-state index contributed by atoms with van der Waals surface area (Å²) in [5, 5.41) is 11.6. The fourth-order valence-corrected chi connectivity index (χ4v) is 2.72. The number of nitrogens with zero attached hydrogens (tertiary/aromatic N) is 3. The lowest BCUT2D eigenvalue weighted by Crippen LogP contribution is -2.37. The van der Waals surface area contributed by atoms with Crippen molar-refractivity contribution >= 4 is 21.6 Å². The summed E-state index contributed by atoms with van der Waals surface area (Å²) in [6.07, 6.45) is 1.16. The van der Waals surface area contributed by atoms with Crippen LogP contribution in [0, 0.1) is 11.3 Å². The van der Waals surface area contributed by atoms with Gasteiger partial charge in [-0.05, 0) is 26.2 Å². The summed E-state index contributed by atoms with van der Waals surface area (Å²) in [5.74, 6) is -0.328. The Balaban J connectivity index is 2.64. The number of amides is 1. The average molecular weight is 338 g/mol. The Morgan fingerprint density at radius 3 is 2.43 bits per heavy atom. The van der Waals surface area contributed by atoms with Gasteiger partial charge in [-0.25, -0.2) is 12.7 Å². The van der Waals surface area contributed by atoms with Gasteiger partial charge in [0.25, 0.3) is 0 Å². The third-order valence-corrected chi connectivity index (χ3v) is 4.48. The third-order valence-electron chi connectivity index (χ3n) is 3.18. The molecule has 7 nitrogen and oxygen atoms in total. The molecule has 23 heavy (non-hydrogen) atoms. The molecule has 1 aromatic rings. The molecular weight excluding hydrogens is 316 g/mol. The number of anilines is 1. The van der Waals surface area contributed by atoms with Gasteiger partial charge >= 0.3 is 0 Å². The van der Waals surface area contributed by atoms with Crippen LogP contribution < -0.4 is 5.32 Å². The van der Waals surface area contributed by atoms with E-state index in [2.05, 4.69) is 5.32 Å². The summed E-state index contributed by atoms with van der Waals surface area (Å²) in [5.41, 5.74) is 0.799. The molecule has 0 radical (unpaired) electrons. The third kappa shape index (κ3) is 6.78. The van der Waals surface area contributed by atoms with Crippen molar-refractivity contribution in [3.8, 4) is 6.07 Å². The van der Waals surface area contributed by atoms with Crippen LogP contribution in [0.3, 0.4) is 0 Å². The summed E-state index contributed by atoms with van der Waals surface area (Å²) in [7, 11) is 0.339. The van der Waals surface area contributed by atoms with Crippen molar-refractivity contribution in [2.45, 2.75) is 6.42 Å². The first-order valence-corrected chi connectivity index (χ1v) is 8.97. The van der Waals surface area contributed by atoms with Crippen LogP contribution in [-0.2, 0) is 14.8 Å². The summed E-state index contributed by atoms with van der Waals surface area (Å²) in [4.78, 5) is 13.9. The number of carbonyl (C=O) groups excluding carboxylic acids is 1. The molecule has 0 heterocycles. The van der Waals surface area contributed by atoms with Gasteiger partial charge in [0.15, 0.2) is 0 Å². The van der Waals surface area contributed by atoms with E-state index in [0.29, 0.717) is 24.3 Å². The molecule has 0 saturated carbocycles. The molecule has 0 aliphatic rings. The first kappa shape index (κ1) is 19.1. The van der Waals surface area contributed by atoms with E-state index in [9.17, 15) is 13.2 Å². The topological polar surface area (TPSA) is 93.5 Å². The lowest BCUT2D eigenvalue weighted by Gasteiger charge is -2.21. The smallest absolute Gasteiger partial charge is 0.225 e. The quantitative estimate of drug-likeness (QED) is 0.753. The van der Waals surface area contributed by atoms with Crippen LogP contribution >= 0.6 is 0 Å². The predicted molar refractivity (Wildman–Crippen MR) is 89.4 cm³/mol.